The van der Waals surface area contributed by atoms with Crippen molar-refractivity contribution in [2.45, 2.75) is 13.3 Å². The van der Waals surface area contributed by atoms with Crippen LogP contribution >= 0.6 is 23.3 Å². The Bertz CT molecular complexity index is 368. The van der Waals surface area contributed by atoms with E-state index in [0.29, 0.717) is 17.2 Å². The van der Waals surface area contributed by atoms with E-state index in [1.54, 1.807) is 18.7 Å². The second kappa shape index (κ2) is 7.39. The Labute approximate surface area is 109 Å². The molecule has 0 aliphatic rings. The zero-order chi connectivity index (χ0) is 12.7. The number of anilines is 2. The van der Waals surface area contributed by atoms with Crippen molar-refractivity contribution < 1.29 is 9.53 Å². The molecule has 0 aromatic carbocycles. The van der Waals surface area contributed by atoms with Gasteiger partial charge < -0.3 is 15.8 Å². The van der Waals surface area contributed by atoms with E-state index in [1.165, 1.54) is 11.5 Å². The van der Waals surface area contributed by atoms with E-state index in [2.05, 4.69) is 15.9 Å². The smallest absolute Gasteiger partial charge is 0.344 e. The van der Waals surface area contributed by atoms with Gasteiger partial charge in [-0.15, -0.1) is 0 Å². The van der Waals surface area contributed by atoms with Crippen LogP contribution in [0.1, 0.15) is 23.7 Å². The van der Waals surface area contributed by atoms with Crippen LogP contribution in [0.15, 0.2) is 0 Å². The lowest BCUT2D eigenvalue weighted by molar-refractivity contribution is 0.0529. The Balaban J connectivity index is 2.62. The van der Waals surface area contributed by atoms with Crippen LogP contribution in [0.3, 0.4) is 0 Å². The third-order valence-electron chi connectivity index (χ3n) is 2.01. The minimum atomic E-state index is -0.411. The van der Waals surface area contributed by atoms with E-state index < -0.39 is 5.97 Å². The minimum absolute atomic E-state index is 0.237. The molecular weight excluding hydrogens is 258 g/mol. The van der Waals surface area contributed by atoms with Gasteiger partial charge in [-0.3, -0.25) is 0 Å². The average molecular weight is 275 g/mol. The van der Waals surface area contributed by atoms with Gasteiger partial charge in [-0.25, -0.2) is 4.79 Å². The number of ether oxygens (including phenoxy) is 1. The van der Waals surface area contributed by atoms with Crippen LogP contribution in [-0.2, 0) is 4.74 Å². The van der Waals surface area contributed by atoms with Crippen LogP contribution < -0.4 is 11.1 Å². The molecule has 0 saturated carbocycles. The summed E-state index contributed by atoms with van der Waals surface area (Å²) in [6.07, 6.45) is 3.09. The van der Waals surface area contributed by atoms with Crippen LogP contribution in [0.25, 0.3) is 0 Å². The molecule has 0 bridgehead atoms. The van der Waals surface area contributed by atoms with Crippen LogP contribution in [0, 0.1) is 0 Å². The Hall–Kier alpha value is -0.950. The Kier molecular flexibility index (Phi) is 6.13. The molecule has 1 aromatic rings. The number of thioether (sulfide) groups is 1. The molecule has 1 aromatic heterocycles. The van der Waals surface area contributed by atoms with Gasteiger partial charge in [-0.2, -0.15) is 16.1 Å². The molecule has 0 aliphatic heterocycles. The Morgan fingerprint density at radius 1 is 1.65 bits per heavy atom. The lowest BCUT2D eigenvalue weighted by atomic mass is 10.3. The molecule has 0 unspecified atom stereocenters. The van der Waals surface area contributed by atoms with Gasteiger partial charge in [0, 0.05) is 6.54 Å². The fourth-order valence-electron chi connectivity index (χ4n) is 1.24. The molecule has 3 N–H and O–H groups in total. The van der Waals surface area contributed by atoms with Crippen molar-refractivity contribution in [3.8, 4) is 0 Å². The maximum atomic E-state index is 11.7. The van der Waals surface area contributed by atoms with E-state index in [0.717, 1.165) is 18.7 Å². The Morgan fingerprint density at radius 3 is 3.06 bits per heavy atom. The standard InChI is InChI=1S/C10H17N3O2S2/c1-3-15-10(14)7-8(11)13-17-9(7)12-5-4-6-16-2/h12H,3-6H2,1-2H3,(H2,11,13). The summed E-state index contributed by atoms with van der Waals surface area (Å²) >= 11 is 2.99. The normalized spacial score (nSPS) is 10.2. The molecule has 5 nitrogen and oxygen atoms in total. The van der Waals surface area contributed by atoms with Gasteiger partial charge in [0.05, 0.1) is 6.61 Å². The summed E-state index contributed by atoms with van der Waals surface area (Å²) in [7, 11) is 0. The van der Waals surface area contributed by atoms with Gasteiger partial charge >= 0.3 is 5.97 Å². The Morgan fingerprint density at radius 2 is 2.41 bits per heavy atom. The monoisotopic (exact) mass is 275 g/mol. The molecule has 0 spiro atoms. The number of carbonyl (C=O) groups excluding carboxylic acids is 1. The third kappa shape index (κ3) is 4.08. The highest BCUT2D eigenvalue weighted by Gasteiger charge is 2.19. The van der Waals surface area contributed by atoms with Gasteiger partial charge in [0.25, 0.3) is 0 Å². The van der Waals surface area contributed by atoms with E-state index in [9.17, 15) is 4.79 Å². The molecule has 0 radical (unpaired) electrons. The van der Waals surface area contributed by atoms with Gasteiger partial charge in [0.2, 0.25) is 0 Å². The topological polar surface area (TPSA) is 77.2 Å². The fourth-order valence-corrected chi connectivity index (χ4v) is 2.40. The second-order valence-corrected chi connectivity index (χ2v) is 5.02. The molecular formula is C10H17N3O2S2. The summed E-state index contributed by atoms with van der Waals surface area (Å²) in [5.74, 6) is 0.905. The maximum absolute atomic E-state index is 11.7. The first-order valence-corrected chi connectivity index (χ1v) is 7.52. The zero-order valence-corrected chi connectivity index (χ0v) is 11.6. The maximum Gasteiger partial charge on any atom is 0.344 e. The lowest BCUT2D eigenvalue weighted by Gasteiger charge is -2.06. The van der Waals surface area contributed by atoms with Crippen molar-refractivity contribution >= 4 is 40.1 Å². The van der Waals surface area contributed by atoms with E-state index in [-0.39, 0.29) is 5.82 Å². The molecule has 0 aliphatic carbocycles. The summed E-state index contributed by atoms with van der Waals surface area (Å²) in [5, 5.41) is 3.87. The van der Waals surface area contributed by atoms with Crippen molar-refractivity contribution in [1.29, 1.82) is 0 Å². The molecule has 7 heteroatoms. The first kappa shape index (κ1) is 14.1. The van der Waals surface area contributed by atoms with Gasteiger partial charge in [0.15, 0.2) is 5.82 Å². The first-order valence-electron chi connectivity index (χ1n) is 5.35. The lowest BCUT2D eigenvalue weighted by Crippen LogP contribution is -2.10. The summed E-state index contributed by atoms with van der Waals surface area (Å²) < 4.78 is 8.91. The summed E-state index contributed by atoms with van der Waals surface area (Å²) in [4.78, 5) is 11.7. The van der Waals surface area contributed by atoms with Crippen molar-refractivity contribution in [2.24, 2.45) is 0 Å². The molecule has 0 amide bonds. The van der Waals surface area contributed by atoms with E-state index in [1.807, 2.05) is 0 Å². The zero-order valence-electron chi connectivity index (χ0n) is 9.99. The number of esters is 1. The van der Waals surface area contributed by atoms with Crippen LogP contribution in [0.2, 0.25) is 0 Å². The summed E-state index contributed by atoms with van der Waals surface area (Å²) in [6, 6.07) is 0. The predicted octanol–water partition coefficient (Wildman–Crippen LogP) is 2.07. The number of aromatic nitrogens is 1. The number of nitrogens with zero attached hydrogens (tertiary/aromatic N) is 1. The number of nitrogen functional groups attached to an aromatic ring is 1. The van der Waals surface area contributed by atoms with Crippen molar-refractivity contribution in [3.63, 3.8) is 0 Å². The summed E-state index contributed by atoms with van der Waals surface area (Å²) in [5.41, 5.74) is 6.02. The van der Waals surface area contributed by atoms with Gasteiger partial charge in [0.1, 0.15) is 10.6 Å². The molecule has 17 heavy (non-hydrogen) atoms. The highest BCUT2D eigenvalue weighted by atomic mass is 32.2. The number of hydrogen-bond acceptors (Lipinski definition) is 7. The van der Waals surface area contributed by atoms with Crippen molar-refractivity contribution in [2.75, 3.05) is 36.2 Å². The minimum Gasteiger partial charge on any atom is -0.462 e. The summed E-state index contributed by atoms with van der Waals surface area (Å²) in [6.45, 7) is 2.90. The number of rotatable bonds is 7. The van der Waals surface area contributed by atoms with E-state index >= 15 is 0 Å². The third-order valence-corrected chi connectivity index (χ3v) is 3.52. The average Bonchev–Trinajstić information content (AvgIpc) is 2.66. The molecule has 1 rings (SSSR count). The van der Waals surface area contributed by atoms with Crippen LogP contribution in [0.4, 0.5) is 10.8 Å². The SMILES string of the molecule is CCOC(=O)c1c(N)nsc1NCCCSC. The van der Waals surface area contributed by atoms with E-state index in [4.69, 9.17) is 10.5 Å². The molecule has 0 atom stereocenters. The van der Waals surface area contributed by atoms with Gasteiger partial charge in [-0.05, 0) is 36.9 Å². The fraction of sp³-hybridized carbons (Fsp3) is 0.600. The number of nitrogens with two attached hydrogens (primary N) is 1. The number of carbonyl (C=O) groups is 1. The predicted molar refractivity (Wildman–Crippen MR) is 74.0 cm³/mol. The van der Waals surface area contributed by atoms with Gasteiger partial charge in [-0.1, -0.05) is 0 Å². The molecule has 96 valence electrons. The highest BCUT2D eigenvalue weighted by Crippen LogP contribution is 2.27. The second-order valence-electron chi connectivity index (χ2n) is 3.27. The number of hydrogen-bond donors (Lipinski definition) is 2. The quantitative estimate of drug-likeness (QED) is 0.586. The first-order chi connectivity index (χ1) is 8.20. The molecule has 0 fully saturated rings. The molecule has 1 heterocycles. The number of nitrogens with one attached hydrogen (secondary N) is 1. The van der Waals surface area contributed by atoms with Crippen molar-refractivity contribution in [3.05, 3.63) is 5.56 Å². The van der Waals surface area contributed by atoms with Crippen molar-refractivity contribution in [1.82, 2.24) is 4.37 Å². The molecule has 0 saturated heterocycles. The highest BCUT2D eigenvalue weighted by molar-refractivity contribution is 7.98. The van der Waals surface area contributed by atoms with Crippen LogP contribution in [-0.4, -0.2) is 35.5 Å². The largest absolute Gasteiger partial charge is 0.462 e. The van der Waals surface area contributed by atoms with Crippen LogP contribution in [0.5, 0.6) is 0 Å².